The Bertz CT molecular complexity index is 900. The van der Waals surface area contributed by atoms with Crippen LogP contribution < -0.4 is 5.11 Å². The minimum absolute atomic E-state index is 0.284. The molecule has 3 rings (SSSR count). The first-order valence-electron chi connectivity index (χ1n) is 6.83. The van der Waals surface area contributed by atoms with Gasteiger partial charge in [-0.1, -0.05) is 64.1 Å². The van der Waals surface area contributed by atoms with E-state index in [0.717, 1.165) is 0 Å². The van der Waals surface area contributed by atoms with Gasteiger partial charge in [0.15, 0.2) is 4.84 Å². The SMILES string of the molecule is O=C([O-])N(C(=O)C(Cl)Cl)C1c2cc(Cl)ccc2-c2c(Cl)cc(Cl)cc21. The summed E-state index contributed by atoms with van der Waals surface area (Å²) < 4.78 is 0. The lowest BCUT2D eigenvalue weighted by molar-refractivity contribution is -0.265. The van der Waals surface area contributed by atoms with E-state index in [1.807, 2.05) is 0 Å². The van der Waals surface area contributed by atoms with E-state index < -0.39 is 22.9 Å². The minimum Gasteiger partial charge on any atom is -0.530 e. The molecule has 25 heavy (non-hydrogen) atoms. The van der Waals surface area contributed by atoms with Gasteiger partial charge in [-0.2, -0.15) is 0 Å². The molecule has 0 bridgehead atoms. The third-order valence-corrected chi connectivity index (χ3v) is 4.96. The maximum Gasteiger partial charge on any atom is 0.262 e. The molecule has 1 atom stereocenters. The molecule has 0 heterocycles. The van der Waals surface area contributed by atoms with Crippen molar-refractivity contribution < 1.29 is 14.7 Å². The van der Waals surface area contributed by atoms with Crippen LogP contribution in [0.25, 0.3) is 11.1 Å². The number of carbonyl (C=O) groups is 2. The van der Waals surface area contributed by atoms with E-state index in [1.165, 1.54) is 12.1 Å². The smallest absolute Gasteiger partial charge is 0.262 e. The summed E-state index contributed by atoms with van der Waals surface area (Å²) in [5.74, 6) is -1.04. The number of hydrogen-bond acceptors (Lipinski definition) is 3. The molecule has 0 spiro atoms. The topological polar surface area (TPSA) is 60.4 Å². The number of fused-ring (bicyclic) bond motifs is 3. The van der Waals surface area contributed by atoms with Crippen molar-refractivity contribution >= 4 is 70.0 Å². The highest BCUT2D eigenvalue weighted by Crippen LogP contribution is 2.51. The summed E-state index contributed by atoms with van der Waals surface area (Å²) in [6.45, 7) is 0. The van der Waals surface area contributed by atoms with Crippen LogP contribution in [-0.4, -0.2) is 21.7 Å². The van der Waals surface area contributed by atoms with Crippen LogP contribution in [0.5, 0.6) is 0 Å². The average Bonchev–Trinajstić information content (AvgIpc) is 2.81. The molecule has 1 aliphatic rings. The molecule has 0 N–H and O–H groups in total. The van der Waals surface area contributed by atoms with Gasteiger partial charge in [-0.3, -0.25) is 9.69 Å². The number of halogens is 5. The van der Waals surface area contributed by atoms with Crippen LogP contribution in [0, 0.1) is 0 Å². The molecule has 4 nitrogen and oxygen atoms in total. The largest absolute Gasteiger partial charge is 0.530 e. The highest BCUT2D eigenvalue weighted by molar-refractivity contribution is 6.54. The first-order valence-corrected chi connectivity index (χ1v) is 8.84. The Kier molecular flexibility index (Phi) is 5.11. The summed E-state index contributed by atoms with van der Waals surface area (Å²) in [4.78, 5) is 22.8. The van der Waals surface area contributed by atoms with Gasteiger partial charge in [0.25, 0.3) is 5.91 Å². The van der Waals surface area contributed by atoms with Crippen LogP contribution in [-0.2, 0) is 4.79 Å². The Labute approximate surface area is 167 Å². The van der Waals surface area contributed by atoms with Gasteiger partial charge >= 0.3 is 0 Å². The predicted octanol–water partition coefficient (Wildman–Crippen LogP) is 4.69. The van der Waals surface area contributed by atoms with Crippen LogP contribution in [0.2, 0.25) is 15.1 Å². The lowest BCUT2D eigenvalue weighted by atomic mass is 10.0. The second-order valence-electron chi connectivity index (χ2n) is 5.26. The Balaban J connectivity index is 2.32. The van der Waals surface area contributed by atoms with Crippen LogP contribution in [0.1, 0.15) is 17.2 Å². The minimum atomic E-state index is -1.75. The zero-order valence-corrected chi connectivity index (χ0v) is 15.9. The number of imide groups is 1. The van der Waals surface area contributed by atoms with E-state index >= 15 is 0 Å². The number of alkyl halides is 2. The van der Waals surface area contributed by atoms with Gasteiger partial charge in [-0.05, 0) is 41.0 Å². The molecule has 0 aromatic heterocycles. The number of amides is 2. The van der Waals surface area contributed by atoms with Crippen LogP contribution in [0.3, 0.4) is 0 Å². The molecule has 1 aliphatic carbocycles. The van der Waals surface area contributed by atoms with Crippen LogP contribution >= 0.6 is 58.0 Å². The van der Waals surface area contributed by atoms with Crippen molar-refractivity contribution in [2.75, 3.05) is 0 Å². The van der Waals surface area contributed by atoms with Crippen LogP contribution in [0.15, 0.2) is 30.3 Å². The van der Waals surface area contributed by atoms with Gasteiger partial charge in [0.2, 0.25) is 0 Å². The molecule has 2 aromatic rings. The van der Waals surface area contributed by atoms with Gasteiger partial charge in [-0.15, -0.1) is 0 Å². The van der Waals surface area contributed by atoms with E-state index in [1.54, 1.807) is 18.2 Å². The van der Waals surface area contributed by atoms with Crippen molar-refractivity contribution in [1.82, 2.24) is 4.90 Å². The standard InChI is InChI=1S/C16H8Cl5NO3/c17-6-1-2-8-9(3-6)13(22(16(24)25)15(23)14(20)21)10-4-7(18)5-11(19)12(8)10/h1-5,13-14H,(H,24,25)/p-1. The summed E-state index contributed by atoms with van der Waals surface area (Å²) in [6.07, 6.45) is -1.75. The lowest BCUT2D eigenvalue weighted by Gasteiger charge is -2.31. The molecule has 130 valence electrons. The van der Waals surface area contributed by atoms with E-state index in [2.05, 4.69) is 0 Å². The molecule has 0 fully saturated rings. The number of benzene rings is 2. The molecule has 0 aliphatic heterocycles. The summed E-state index contributed by atoms with van der Waals surface area (Å²) in [6, 6.07) is 6.85. The molecule has 0 saturated carbocycles. The third kappa shape index (κ3) is 3.18. The van der Waals surface area contributed by atoms with E-state index in [9.17, 15) is 14.7 Å². The van der Waals surface area contributed by atoms with E-state index in [4.69, 9.17) is 58.0 Å². The third-order valence-electron chi connectivity index (χ3n) is 3.84. The van der Waals surface area contributed by atoms with Gasteiger partial charge < -0.3 is 9.90 Å². The molecule has 9 heteroatoms. The second-order valence-corrected chi connectivity index (χ2v) is 7.64. The summed E-state index contributed by atoms with van der Waals surface area (Å²) in [5, 5.41) is 12.6. The van der Waals surface area contributed by atoms with Crippen molar-refractivity contribution in [3.8, 4) is 11.1 Å². The molecule has 0 saturated heterocycles. The fraction of sp³-hybridized carbons (Fsp3) is 0.125. The quantitative estimate of drug-likeness (QED) is 0.639. The van der Waals surface area contributed by atoms with Crippen molar-refractivity contribution in [3.05, 3.63) is 56.5 Å². The monoisotopic (exact) mass is 436 g/mol. The van der Waals surface area contributed by atoms with Gasteiger partial charge in [0.05, 0.1) is 11.1 Å². The Morgan fingerprint density at radius 3 is 2.24 bits per heavy atom. The lowest BCUT2D eigenvalue weighted by Crippen LogP contribution is -2.49. The number of rotatable bonds is 2. The molecule has 0 radical (unpaired) electrons. The van der Waals surface area contributed by atoms with Crippen molar-refractivity contribution in [1.29, 1.82) is 0 Å². The first-order chi connectivity index (χ1) is 11.7. The number of carbonyl (C=O) groups excluding carboxylic acids is 2. The Hall–Kier alpha value is -1.17. The van der Waals surface area contributed by atoms with Gasteiger partial charge in [0.1, 0.15) is 6.09 Å². The highest BCUT2D eigenvalue weighted by atomic mass is 35.5. The second kappa shape index (κ2) is 6.86. The van der Waals surface area contributed by atoms with Gasteiger partial charge in [0, 0.05) is 15.6 Å². The van der Waals surface area contributed by atoms with Crippen molar-refractivity contribution in [2.24, 2.45) is 0 Å². The fourth-order valence-electron chi connectivity index (χ4n) is 2.95. The maximum atomic E-state index is 12.3. The zero-order chi connectivity index (χ0) is 18.5. The average molecular weight is 439 g/mol. The summed E-state index contributed by atoms with van der Waals surface area (Å²) >= 11 is 29.6. The molecular weight excluding hydrogens is 431 g/mol. The summed E-state index contributed by atoms with van der Waals surface area (Å²) in [7, 11) is 0. The number of nitrogens with zero attached hydrogens (tertiary/aromatic N) is 1. The Morgan fingerprint density at radius 1 is 1.00 bits per heavy atom. The molecular formula is C16H7Cl5NO3-. The van der Waals surface area contributed by atoms with Gasteiger partial charge in [-0.25, -0.2) is 0 Å². The first kappa shape index (κ1) is 18.6. The van der Waals surface area contributed by atoms with Crippen molar-refractivity contribution in [3.63, 3.8) is 0 Å². The predicted molar refractivity (Wildman–Crippen MR) is 96.5 cm³/mol. The summed E-state index contributed by atoms with van der Waals surface area (Å²) in [5.41, 5.74) is 2.06. The van der Waals surface area contributed by atoms with Crippen molar-refractivity contribution in [2.45, 2.75) is 10.9 Å². The molecule has 1 unspecified atom stereocenters. The molecule has 2 aromatic carbocycles. The zero-order valence-electron chi connectivity index (χ0n) is 12.1. The normalized spacial score (nSPS) is 15.0. The van der Waals surface area contributed by atoms with E-state index in [-0.39, 0.29) is 5.02 Å². The number of carboxylic acid groups (broad SMARTS) is 1. The van der Waals surface area contributed by atoms with E-state index in [0.29, 0.717) is 37.2 Å². The molecule has 2 amide bonds. The fourth-order valence-corrected chi connectivity index (χ4v) is 3.96. The van der Waals surface area contributed by atoms with Crippen LogP contribution in [0.4, 0.5) is 4.79 Å². The highest BCUT2D eigenvalue weighted by Gasteiger charge is 2.39. The maximum absolute atomic E-state index is 12.3. The Morgan fingerprint density at radius 2 is 1.64 bits per heavy atom. The number of hydrogen-bond donors (Lipinski definition) is 0.